The van der Waals surface area contributed by atoms with E-state index in [4.69, 9.17) is 10.5 Å². The quantitative estimate of drug-likeness (QED) is 0.245. The van der Waals surface area contributed by atoms with Gasteiger partial charge in [-0.15, -0.1) is 0 Å². The first-order chi connectivity index (χ1) is 14.2. The second-order valence-electron chi connectivity index (χ2n) is 8.36. The first kappa shape index (κ1) is 25.6. The van der Waals surface area contributed by atoms with Crippen LogP contribution >= 0.6 is 0 Å². The number of nitrogens with one attached hydrogen (secondary N) is 2. The Morgan fingerprint density at radius 1 is 1.03 bits per heavy atom. The lowest BCUT2D eigenvalue weighted by Gasteiger charge is -2.26. The van der Waals surface area contributed by atoms with Crippen LogP contribution in [-0.4, -0.2) is 75.2 Å². The van der Waals surface area contributed by atoms with E-state index >= 15 is 0 Å². The molecule has 0 spiro atoms. The molecule has 30 heavy (non-hydrogen) atoms. The summed E-state index contributed by atoms with van der Waals surface area (Å²) < 4.78 is 5.55. The van der Waals surface area contributed by atoms with E-state index in [1.807, 2.05) is 51.5 Å². The maximum absolute atomic E-state index is 13.0. The first-order valence-electron chi connectivity index (χ1n) is 10.5. The lowest BCUT2D eigenvalue weighted by molar-refractivity contribution is -0.862. The molecule has 0 aliphatic rings. The number of nitrogens with two attached hydrogens (primary N) is 1. The molecule has 0 radical (unpaired) electrons. The predicted molar refractivity (Wildman–Crippen MR) is 116 cm³/mol. The predicted octanol–water partition coefficient (Wildman–Crippen LogP) is 0.597. The van der Waals surface area contributed by atoms with E-state index in [0.717, 1.165) is 12.0 Å². The number of nitrogens with zero attached hydrogens (tertiary/aromatic N) is 1. The second-order valence-corrected chi connectivity index (χ2v) is 8.36. The molecule has 1 aromatic rings. The molecule has 1 rings (SSSR count). The molecular weight excluding hydrogens is 384 g/mol. The minimum atomic E-state index is -0.794. The Balaban J connectivity index is 2.93. The average molecular weight is 422 g/mol. The van der Waals surface area contributed by atoms with Gasteiger partial charge in [-0.25, -0.2) is 4.79 Å². The zero-order valence-electron chi connectivity index (χ0n) is 18.6. The van der Waals surface area contributed by atoms with Crippen molar-refractivity contribution in [3.8, 4) is 0 Å². The first-order valence-corrected chi connectivity index (χ1v) is 10.5. The molecule has 0 saturated carbocycles. The summed E-state index contributed by atoms with van der Waals surface area (Å²) in [6, 6.07) is 7.89. The number of hydrogen-bond acceptors (Lipinski definition) is 5. The van der Waals surface area contributed by atoms with E-state index < -0.39 is 24.0 Å². The van der Waals surface area contributed by atoms with Crippen molar-refractivity contribution in [3.05, 3.63) is 35.9 Å². The van der Waals surface area contributed by atoms with Gasteiger partial charge < -0.3 is 25.6 Å². The summed E-state index contributed by atoms with van der Waals surface area (Å²) in [6.45, 7) is 2.70. The minimum absolute atomic E-state index is 0.227. The standard InChI is InChI=1S/C22H36N4O4/c1-5-30-22(29)18(13-9-10-14-23)25-21(28)19(15-17-11-7-6-8-12-17)24-20(27)16-26(2,3)4/h6-8,11-12,18-19H,5,9-10,13-16,23H2,1-4H3,(H-,24,25,27,28)/p+1/t18-,19-/m0/s1. The third-order valence-electron chi connectivity index (χ3n) is 4.39. The number of likely N-dealkylation sites (N-methyl/N-ethyl adjacent to an activating group) is 1. The molecule has 168 valence electrons. The van der Waals surface area contributed by atoms with Crippen LogP contribution in [0.3, 0.4) is 0 Å². The van der Waals surface area contributed by atoms with E-state index in [1.165, 1.54) is 0 Å². The van der Waals surface area contributed by atoms with Gasteiger partial charge in [0.15, 0.2) is 6.54 Å². The van der Waals surface area contributed by atoms with Crippen molar-refractivity contribution < 1.29 is 23.6 Å². The van der Waals surface area contributed by atoms with Crippen molar-refractivity contribution in [1.29, 1.82) is 0 Å². The Morgan fingerprint density at radius 3 is 2.27 bits per heavy atom. The molecule has 8 heteroatoms. The van der Waals surface area contributed by atoms with Gasteiger partial charge in [0.2, 0.25) is 5.91 Å². The Labute approximate surface area is 179 Å². The molecule has 0 bridgehead atoms. The Morgan fingerprint density at radius 2 is 1.70 bits per heavy atom. The second kappa shape index (κ2) is 13.0. The third-order valence-corrected chi connectivity index (χ3v) is 4.39. The Hall–Kier alpha value is -2.45. The smallest absolute Gasteiger partial charge is 0.328 e. The Kier molecular flexibility index (Phi) is 11.1. The molecule has 2 amide bonds. The van der Waals surface area contributed by atoms with E-state index in [2.05, 4.69) is 10.6 Å². The lowest BCUT2D eigenvalue weighted by Crippen LogP contribution is -2.55. The van der Waals surface area contributed by atoms with Crippen molar-refractivity contribution in [2.45, 2.75) is 44.7 Å². The van der Waals surface area contributed by atoms with Gasteiger partial charge in [0.05, 0.1) is 27.7 Å². The van der Waals surface area contributed by atoms with Crippen LogP contribution in [0.2, 0.25) is 0 Å². The van der Waals surface area contributed by atoms with Crippen molar-refractivity contribution >= 4 is 17.8 Å². The SMILES string of the molecule is CCOC(=O)[C@H](CCCCN)NC(=O)[C@H](Cc1ccccc1)NC(=O)C[N+](C)(C)C. The fourth-order valence-corrected chi connectivity index (χ4v) is 2.99. The van der Waals surface area contributed by atoms with Crippen molar-refractivity contribution in [2.24, 2.45) is 5.73 Å². The van der Waals surface area contributed by atoms with Gasteiger partial charge in [-0.3, -0.25) is 9.59 Å². The molecular formula is C22H37N4O4+. The number of ether oxygens (including phenoxy) is 1. The topological polar surface area (TPSA) is 111 Å². The maximum Gasteiger partial charge on any atom is 0.328 e. The summed E-state index contributed by atoms with van der Waals surface area (Å²) in [6.07, 6.45) is 2.21. The highest BCUT2D eigenvalue weighted by molar-refractivity contribution is 5.91. The number of benzene rings is 1. The highest BCUT2D eigenvalue weighted by Gasteiger charge is 2.28. The number of rotatable bonds is 13. The highest BCUT2D eigenvalue weighted by atomic mass is 16.5. The van der Waals surface area contributed by atoms with E-state index in [1.54, 1.807) is 6.92 Å². The van der Waals surface area contributed by atoms with Gasteiger partial charge in [0.25, 0.3) is 5.91 Å². The third kappa shape index (κ3) is 10.4. The summed E-state index contributed by atoms with van der Waals surface area (Å²) >= 11 is 0. The molecule has 1 aromatic carbocycles. The van der Waals surface area contributed by atoms with Crippen LogP contribution in [0, 0.1) is 0 Å². The zero-order chi connectivity index (χ0) is 22.6. The van der Waals surface area contributed by atoms with E-state index in [9.17, 15) is 14.4 Å². The number of carbonyl (C=O) groups is 3. The number of carbonyl (C=O) groups excluding carboxylic acids is 3. The molecule has 4 N–H and O–H groups in total. The maximum atomic E-state index is 13.0. The van der Waals surface area contributed by atoms with Gasteiger partial charge in [-0.2, -0.15) is 0 Å². The summed E-state index contributed by atoms with van der Waals surface area (Å²) in [7, 11) is 5.71. The number of hydrogen-bond donors (Lipinski definition) is 3. The molecule has 0 saturated heterocycles. The average Bonchev–Trinajstić information content (AvgIpc) is 2.66. The fourth-order valence-electron chi connectivity index (χ4n) is 2.99. The van der Waals surface area contributed by atoms with Crippen LogP contribution in [0.4, 0.5) is 0 Å². The molecule has 0 aromatic heterocycles. The van der Waals surface area contributed by atoms with Crippen LogP contribution in [-0.2, 0) is 25.5 Å². The molecule has 0 heterocycles. The van der Waals surface area contributed by atoms with Gasteiger partial charge in [-0.1, -0.05) is 30.3 Å². The normalized spacial score (nSPS) is 13.2. The monoisotopic (exact) mass is 421 g/mol. The largest absolute Gasteiger partial charge is 0.464 e. The summed E-state index contributed by atoms with van der Waals surface area (Å²) in [5, 5.41) is 5.60. The van der Waals surface area contributed by atoms with Gasteiger partial charge in [0, 0.05) is 6.42 Å². The minimum Gasteiger partial charge on any atom is -0.464 e. The summed E-state index contributed by atoms with van der Waals surface area (Å²) in [5.74, 6) is -1.10. The molecule has 2 atom stereocenters. The molecule has 0 aliphatic carbocycles. The van der Waals surface area contributed by atoms with Crippen LogP contribution in [0.25, 0.3) is 0 Å². The number of esters is 1. The molecule has 0 unspecified atom stereocenters. The molecule has 0 aliphatic heterocycles. The van der Waals surface area contributed by atoms with Crippen LogP contribution in [0.1, 0.15) is 31.7 Å². The zero-order valence-corrected chi connectivity index (χ0v) is 18.6. The van der Waals surface area contributed by atoms with E-state index in [-0.39, 0.29) is 19.1 Å². The summed E-state index contributed by atoms with van der Waals surface area (Å²) in [5.41, 5.74) is 6.45. The number of unbranched alkanes of at least 4 members (excludes halogenated alkanes) is 1. The number of amides is 2. The van der Waals surface area contributed by atoms with Crippen molar-refractivity contribution in [3.63, 3.8) is 0 Å². The lowest BCUT2D eigenvalue weighted by atomic mass is 10.0. The fraction of sp³-hybridized carbons (Fsp3) is 0.591. The van der Waals surface area contributed by atoms with Gasteiger partial charge in [0.1, 0.15) is 12.1 Å². The van der Waals surface area contributed by atoms with Gasteiger partial charge >= 0.3 is 5.97 Å². The molecule has 0 fully saturated rings. The van der Waals surface area contributed by atoms with Crippen molar-refractivity contribution in [1.82, 2.24) is 10.6 Å². The van der Waals surface area contributed by atoms with Gasteiger partial charge in [-0.05, 0) is 38.3 Å². The highest BCUT2D eigenvalue weighted by Crippen LogP contribution is 2.07. The van der Waals surface area contributed by atoms with E-state index in [0.29, 0.717) is 30.3 Å². The summed E-state index contributed by atoms with van der Waals surface area (Å²) in [4.78, 5) is 37.8. The Bertz CT molecular complexity index is 673. The van der Waals surface area contributed by atoms with Crippen LogP contribution < -0.4 is 16.4 Å². The van der Waals surface area contributed by atoms with Crippen LogP contribution in [0.5, 0.6) is 0 Å². The molecule has 8 nitrogen and oxygen atoms in total. The number of quaternary nitrogens is 1. The van der Waals surface area contributed by atoms with Crippen molar-refractivity contribution in [2.75, 3.05) is 40.8 Å². The van der Waals surface area contributed by atoms with Crippen LogP contribution in [0.15, 0.2) is 30.3 Å².